The molecule has 0 saturated heterocycles. The monoisotopic (exact) mass is 447 g/mol. The molecule has 0 fully saturated rings. The van der Waals surface area contributed by atoms with Crippen LogP contribution in [0.4, 0.5) is 0 Å². The van der Waals surface area contributed by atoms with Gasteiger partial charge < -0.3 is 0 Å². The Balaban J connectivity index is 1.94. The fourth-order valence-corrected chi connectivity index (χ4v) is 4.91. The third-order valence-electron chi connectivity index (χ3n) is 7.26. The van der Waals surface area contributed by atoms with E-state index >= 15 is 0 Å². The van der Waals surface area contributed by atoms with Crippen LogP contribution in [0.25, 0.3) is 0 Å². The smallest absolute Gasteiger partial charge is 0.234 e. The lowest BCUT2D eigenvalue weighted by Crippen LogP contribution is -2.35. The van der Waals surface area contributed by atoms with Crippen molar-refractivity contribution in [3.8, 4) is 0 Å². The number of imidazole rings is 1. The van der Waals surface area contributed by atoms with Gasteiger partial charge in [-0.05, 0) is 25.7 Å². The standard InChI is InChI=1S/C30H59N2/c1-4-6-8-10-12-14-15-16-17-19-21-23-25-27-32-29-28-31(30(32)3)26-24-22-20-18-13-11-9-7-5-2/h28-29H,4-27H2,1-3H3/q+1. The molecule has 0 saturated carbocycles. The number of hydrogen-bond acceptors (Lipinski definition) is 0. The van der Waals surface area contributed by atoms with E-state index in [0.29, 0.717) is 0 Å². The quantitative estimate of drug-likeness (QED) is 0.110. The number of aryl methyl sites for hydroxylation is 2. The molecule has 188 valence electrons. The van der Waals surface area contributed by atoms with E-state index in [2.05, 4.69) is 42.3 Å². The minimum atomic E-state index is 1.20. The van der Waals surface area contributed by atoms with Gasteiger partial charge in [0, 0.05) is 6.92 Å². The fraction of sp³-hybridized carbons (Fsp3) is 0.900. The molecule has 0 bridgehead atoms. The van der Waals surface area contributed by atoms with Gasteiger partial charge in [0.05, 0.1) is 13.1 Å². The third kappa shape index (κ3) is 15.9. The zero-order valence-electron chi connectivity index (χ0n) is 22.5. The van der Waals surface area contributed by atoms with Crippen LogP contribution in [0.2, 0.25) is 0 Å². The zero-order chi connectivity index (χ0) is 23.1. The van der Waals surface area contributed by atoms with E-state index in [-0.39, 0.29) is 0 Å². The summed E-state index contributed by atoms with van der Waals surface area (Å²) in [6.07, 6.45) is 36.0. The van der Waals surface area contributed by atoms with Crippen LogP contribution in [-0.2, 0) is 13.1 Å². The second-order valence-corrected chi connectivity index (χ2v) is 10.3. The normalized spacial score (nSPS) is 11.5. The summed E-state index contributed by atoms with van der Waals surface area (Å²) in [5.74, 6) is 1.45. The Bertz CT molecular complexity index is 505. The van der Waals surface area contributed by atoms with Gasteiger partial charge in [0.2, 0.25) is 0 Å². The summed E-state index contributed by atoms with van der Waals surface area (Å²) < 4.78 is 4.95. The Kier molecular flexibility index (Phi) is 20.1. The van der Waals surface area contributed by atoms with Gasteiger partial charge in [0.1, 0.15) is 12.4 Å². The van der Waals surface area contributed by atoms with Crippen molar-refractivity contribution in [2.24, 2.45) is 0 Å². The molecule has 1 aromatic rings. The molecular weight excluding hydrogens is 388 g/mol. The van der Waals surface area contributed by atoms with Crippen molar-refractivity contribution in [3.05, 3.63) is 18.2 Å². The van der Waals surface area contributed by atoms with Crippen LogP contribution in [0.5, 0.6) is 0 Å². The van der Waals surface area contributed by atoms with Crippen molar-refractivity contribution in [3.63, 3.8) is 0 Å². The van der Waals surface area contributed by atoms with Crippen LogP contribution in [0.15, 0.2) is 12.4 Å². The van der Waals surface area contributed by atoms with Crippen LogP contribution >= 0.6 is 0 Å². The van der Waals surface area contributed by atoms with Gasteiger partial charge in [-0.3, -0.25) is 0 Å². The van der Waals surface area contributed by atoms with E-state index in [1.54, 1.807) is 0 Å². The first-order chi connectivity index (χ1) is 15.8. The predicted molar refractivity (Wildman–Crippen MR) is 142 cm³/mol. The van der Waals surface area contributed by atoms with Gasteiger partial charge in [0.25, 0.3) is 5.82 Å². The first kappa shape index (κ1) is 29.2. The molecule has 0 N–H and O–H groups in total. The molecule has 1 rings (SSSR count). The SMILES string of the molecule is CCCCCCCCCCCCCCCn1cc[n+](CCCCCCCCCCC)c1C. The lowest BCUT2D eigenvalue weighted by molar-refractivity contribution is -0.702. The highest BCUT2D eigenvalue weighted by atomic mass is 15.1. The minimum absolute atomic E-state index is 1.20. The van der Waals surface area contributed by atoms with Crippen molar-refractivity contribution < 1.29 is 4.57 Å². The van der Waals surface area contributed by atoms with Crippen LogP contribution in [0, 0.1) is 6.92 Å². The summed E-state index contributed by atoms with van der Waals surface area (Å²) in [5.41, 5.74) is 0. The Morgan fingerprint density at radius 1 is 0.531 bits per heavy atom. The summed E-state index contributed by atoms with van der Waals surface area (Å²) in [4.78, 5) is 0. The molecule has 0 aliphatic carbocycles. The number of nitrogens with zero attached hydrogens (tertiary/aromatic N) is 2. The number of aromatic nitrogens is 2. The maximum absolute atomic E-state index is 2.48. The Labute approximate surface area is 202 Å². The van der Waals surface area contributed by atoms with Gasteiger partial charge in [-0.1, -0.05) is 129 Å². The summed E-state index contributed by atoms with van der Waals surface area (Å²) in [6, 6.07) is 0. The molecule has 0 aliphatic heterocycles. The van der Waals surface area contributed by atoms with Crippen molar-refractivity contribution in [1.82, 2.24) is 4.57 Å². The predicted octanol–water partition coefficient (Wildman–Crippen LogP) is 9.71. The van der Waals surface area contributed by atoms with Crippen molar-refractivity contribution in [1.29, 1.82) is 0 Å². The highest BCUT2D eigenvalue weighted by Crippen LogP contribution is 2.13. The molecule has 1 heterocycles. The van der Waals surface area contributed by atoms with Crippen molar-refractivity contribution in [2.45, 2.75) is 175 Å². The molecule has 0 spiro atoms. The highest BCUT2D eigenvalue weighted by Gasteiger charge is 2.11. The summed E-state index contributed by atoms with van der Waals surface area (Å²) in [6.45, 7) is 9.30. The molecule has 32 heavy (non-hydrogen) atoms. The lowest BCUT2D eigenvalue weighted by atomic mass is 10.0. The molecule has 0 radical (unpaired) electrons. The second kappa shape index (κ2) is 22.0. The van der Waals surface area contributed by atoms with Gasteiger partial charge in [0.15, 0.2) is 0 Å². The first-order valence-electron chi connectivity index (χ1n) is 14.8. The van der Waals surface area contributed by atoms with Crippen LogP contribution in [0.3, 0.4) is 0 Å². The molecule has 0 amide bonds. The molecule has 0 atom stereocenters. The molecule has 2 nitrogen and oxygen atoms in total. The first-order valence-corrected chi connectivity index (χ1v) is 14.8. The molecule has 0 unspecified atom stereocenters. The maximum atomic E-state index is 2.48. The Hall–Kier alpha value is -0.790. The molecule has 1 aromatic heterocycles. The Morgan fingerprint density at radius 2 is 0.906 bits per heavy atom. The largest absolute Gasteiger partial charge is 0.253 e. The molecule has 0 aromatic carbocycles. The Morgan fingerprint density at radius 3 is 1.34 bits per heavy atom. The van der Waals surface area contributed by atoms with Crippen LogP contribution in [-0.4, -0.2) is 4.57 Å². The lowest BCUT2D eigenvalue weighted by Gasteiger charge is -2.04. The third-order valence-corrected chi connectivity index (χ3v) is 7.26. The van der Waals surface area contributed by atoms with Crippen molar-refractivity contribution >= 4 is 0 Å². The topological polar surface area (TPSA) is 8.81 Å². The van der Waals surface area contributed by atoms with E-state index in [1.165, 1.54) is 160 Å². The van der Waals surface area contributed by atoms with Crippen LogP contribution < -0.4 is 4.57 Å². The fourth-order valence-electron chi connectivity index (χ4n) is 4.91. The van der Waals surface area contributed by atoms with Crippen LogP contribution in [0.1, 0.15) is 161 Å². The van der Waals surface area contributed by atoms with E-state index in [1.807, 2.05) is 0 Å². The average Bonchev–Trinajstić information content (AvgIpc) is 3.15. The zero-order valence-corrected chi connectivity index (χ0v) is 22.5. The van der Waals surface area contributed by atoms with Gasteiger partial charge in [-0.15, -0.1) is 0 Å². The minimum Gasteiger partial charge on any atom is -0.234 e. The summed E-state index contributed by atoms with van der Waals surface area (Å²) in [7, 11) is 0. The van der Waals surface area contributed by atoms with Gasteiger partial charge >= 0.3 is 0 Å². The highest BCUT2D eigenvalue weighted by molar-refractivity contribution is 4.79. The summed E-state index contributed by atoms with van der Waals surface area (Å²) in [5, 5.41) is 0. The average molecular weight is 448 g/mol. The number of hydrogen-bond donors (Lipinski definition) is 0. The number of rotatable bonds is 24. The van der Waals surface area contributed by atoms with E-state index in [0.717, 1.165) is 0 Å². The van der Waals surface area contributed by atoms with E-state index in [4.69, 9.17) is 0 Å². The number of unbranched alkanes of at least 4 members (excludes halogenated alkanes) is 20. The second-order valence-electron chi connectivity index (χ2n) is 10.3. The molecular formula is C30H59N2+. The van der Waals surface area contributed by atoms with Gasteiger partial charge in [-0.2, -0.15) is 0 Å². The van der Waals surface area contributed by atoms with E-state index < -0.39 is 0 Å². The molecule has 0 aliphatic rings. The van der Waals surface area contributed by atoms with E-state index in [9.17, 15) is 0 Å². The maximum Gasteiger partial charge on any atom is 0.253 e. The van der Waals surface area contributed by atoms with Gasteiger partial charge in [-0.25, -0.2) is 9.13 Å². The molecule has 2 heteroatoms. The summed E-state index contributed by atoms with van der Waals surface area (Å²) >= 11 is 0. The van der Waals surface area contributed by atoms with Crippen molar-refractivity contribution in [2.75, 3.05) is 0 Å².